The van der Waals surface area contributed by atoms with Crippen LogP contribution in [0.15, 0.2) is 24.3 Å². The molecule has 0 saturated heterocycles. The average molecular weight is 365 g/mol. The second-order valence-corrected chi connectivity index (χ2v) is 6.99. The summed E-state index contributed by atoms with van der Waals surface area (Å²) >= 11 is 0. The Morgan fingerprint density at radius 1 is 0.577 bits per heavy atom. The highest BCUT2D eigenvalue weighted by atomic mass is 14.9. The quantitative estimate of drug-likeness (QED) is 0.257. The zero-order valence-corrected chi connectivity index (χ0v) is 16.3. The zero-order valence-electron chi connectivity index (χ0n) is 16.3. The first-order chi connectivity index (χ1) is 12.7. The van der Waals surface area contributed by atoms with E-state index < -0.39 is 0 Å². The van der Waals surface area contributed by atoms with Gasteiger partial charge in [-0.05, 0) is 75.8 Å². The highest BCUT2D eigenvalue weighted by Crippen LogP contribution is 2.08. The number of nitrogens with two attached hydrogens (primary N) is 4. The maximum Gasteiger partial charge on any atom is 0.0208 e. The van der Waals surface area contributed by atoms with Gasteiger partial charge in [-0.3, -0.25) is 0 Å². The Morgan fingerprint density at radius 2 is 0.962 bits per heavy atom. The van der Waals surface area contributed by atoms with Crippen LogP contribution < -0.4 is 33.6 Å². The molecular formula is C20H40N6. The van der Waals surface area contributed by atoms with Crippen molar-refractivity contribution in [3.8, 4) is 0 Å². The van der Waals surface area contributed by atoms with Crippen LogP contribution in [-0.2, 0) is 13.1 Å². The van der Waals surface area contributed by atoms with Crippen molar-refractivity contribution in [1.29, 1.82) is 0 Å². The summed E-state index contributed by atoms with van der Waals surface area (Å²) in [6, 6.07) is 9.69. The summed E-state index contributed by atoms with van der Waals surface area (Å²) in [7, 11) is 0. The summed E-state index contributed by atoms with van der Waals surface area (Å²) in [5, 5.41) is 7.21. The molecule has 0 aromatic heterocycles. The van der Waals surface area contributed by atoms with Crippen LogP contribution in [0.1, 0.15) is 49.7 Å². The third kappa shape index (κ3) is 10.2. The Labute approximate surface area is 159 Å². The van der Waals surface area contributed by atoms with Crippen LogP contribution in [-0.4, -0.2) is 38.3 Å². The molecule has 0 amide bonds. The molecule has 1 rings (SSSR count). The fraction of sp³-hybridized carbons (Fsp3) is 0.700. The number of benzene rings is 1. The van der Waals surface area contributed by atoms with Gasteiger partial charge in [0.25, 0.3) is 0 Å². The Balaban J connectivity index is 2.41. The van der Waals surface area contributed by atoms with Gasteiger partial charge in [0.05, 0.1) is 0 Å². The highest BCUT2D eigenvalue weighted by molar-refractivity contribution is 5.22. The van der Waals surface area contributed by atoms with Gasteiger partial charge in [0.15, 0.2) is 0 Å². The first-order valence-electron chi connectivity index (χ1n) is 10.1. The normalized spacial score (nSPS) is 13.7. The van der Waals surface area contributed by atoms with Crippen molar-refractivity contribution in [2.45, 2.75) is 63.7 Å². The van der Waals surface area contributed by atoms with E-state index in [2.05, 4.69) is 34.9 Å². The van der Waals surface area contributed by atoms with Crippen LogP contribution in [0.3, 0.4) is 0 Å². The van der Waals surface area contributed by atoms with Gasteiger partial charge in [0.1, 0.15) is 0 Å². The molecule has 0 bridgehead atoms. The maximum absolute atomic E-state index is 5.71. The van der Waals surface area contributed by atoms with Crippen molar-refractivity contribution >= 4 is 0 Å². The van der Waals surface area contributed by atoms with E-state index in [1.54, 1.807) is 0 Å². The van der Waals surface area contributed by atoms with Crippen LogP contribution in [0.5, 0.6) is 0 Å². The highest BCUT2D eigenvalue weighted by Gasteiger charge is 2.08. The third-order valence-electron chi connectivity index (χ3n) is 4.76. The van der Waals surface area contributed by atoms with Crippen molar-refractivity contribution < 1.29 is 0 Å². The molecule has 0 spiro atoms. The minimum atomic E-state index is 0.449. The van der Waals surface area contributed by atoms with Crippen LogP contribution in [0.25, 0.3) is 0 Å². The van der Waals surface area contributed by atoms with E-state index in [4.69, 9.17) is 22.9 Å². The Morgan fingerprint density at radius 3 is 1.27 bits per heavy atom. The van der Waals surface area contributed by atoms with E-state index in [9.17, 15) is 0 Å². The zero-order chi connectivity index (χ0) is 19.0. The van der Waals surface area contributed by atoms with Crippen LogP contribution in [0.4, 0.5) is 0 Å². The molecule has 0 fully saturated rings. The van der Waals surface area contributed by atoms with Gasteiger partial charge in [-0.25, -0.2) is 0 Å². The number of hydrogen-bond acceptors (Lipinski definition) is 6. The number of hydrogen-bond donors (Lipinski definition) is 6. The molecule has 1 aromatic rings. The maximum atomic E-state index is 5.71. The van der Waals surface area contributed by atoms with Crippen LogP contribution >= 0.6 is 0 Å². The van der Waals surface area contributed by atoms with E-state index in [-0.39, 0.29) is 0 Å². The molecule has 0 heterocycles. The third-order valence-corrected chi connectivity index (χ3v) is 4.76. The first-order valence-corrected chi connectivity index (χ1v) is 10.1. The van der Waals surface area contributed by atoms with Crippen molar-refractivity contribution in [3.05, 3.63) is 35.4 Å². The second kappa shape index (κ2) is 15.1. The van der Waals surface area contributed by atoms with Gasteiger partial charge in [0, 0.05) is 25.2 Å². The smallest absolute Gasteiger partial charge is 0.0208 e. The first kappa shape index (κ1) is 23.0. The molecule has 150 valence electrons. The van der Waals surface area contributed by atoms with Crippen molar-refractivity contribution in [2.75, 3.05) is 26.2 Å². The molecular weight excluding hydrogens is 324 g/mol. The summed E-state index contributed by atoms with van der Waals surface area (Å²) in [4.78, 5) is 0. The summed E-state index contributed by atoms with van der Waals surface area (Å²) in [6.07, 6.45) is 6.23. The molecule has 6 heteroatoms. The van der Waals surface area contributed by atoms with Crippen LogP contribution in [0, 0.1) is 0 Å². The minimum Gasteiger partial charge on any atom is -0.330 e. The van der Waals surface area contributed by atoms with Gasteiger partial charge in [-0.1, -0.05) is 24.3 Å². The minimum absolute atomic E-state index is 0.449. The molecule has 10 N–H and O–H groups in total. The standard InChI is InChI=1S/C20H40N6/c21-11-1-3-19(9-13-23)25-15-17-5-7-18(8-6-17)16-26-20(10-14-24)4-2-12-22/h5-8,19-20,25-26H,1-4,9-16,21-24H2. The topological polar surface area (TPSA) is 128 Å². The Bertz CT molecular complexity index is 395. The predicted molar refractivity (Wildman–Crippen MR) is 112 cm³/mol. The number of rotatable bonds is 16. The predicted octanol–water partition coefficient (Wildman–Crippen LogP) is 0.778. The SMILES string of the molecule is NCCCC(CCN)NCc1ccc(CNC(CCN)CCCN)cc1. The molecule has 0 saturated carbocycles. The van der Waals surface area contributed by atoms with Gasteiger partial charge in [0.2, 0.25) is 0 Å². The summed E-state index contributed by atoms with van der Waals surface area (Å²) in [5.74, 6) is 0. The largest absolute Gasteiger partial charge is 0.330 e. The molecule has 6 nitrogen and oxygen atoms in total. The summed E-state index contributed by atoms with van der Waals surface area (Å²) in [6.45, 7) is 4.63. The summed E-state index contributed by atoms with van der Waals surface area (Å²) in [5.41, 5.74) is 25.2. The van der Waals surface area contributed by atoms with E-state index in [0.29, 0.717) is 25.2 Å². The summed E-state index contributed by atoms with van der Waals surface area (Å²) < 4.78 is 0. The van der Waals surface area contributed by atoms with E-state index in [1.165, 1.54) is 11.1 Å². The van der Waals surface area contributed by atoms with Gasteiger partial charge < -0.3 is 33.6 Å². The molecule has 2 atom stereocenters. The van der Waals surface area contributed by atoms with Crippen LogP contribution in [0.2, 0.25) is 0 Å². The van der Waals surface area contributed by atoms with E-state index in [0.717, 1.165) is 64.7 Å². The fourth-order valence-corrected chi connectivity index (χ4v) is 3.13. The Kier molecular flexibility index (Phi) is 13.4. The molecule has 0 aliphatic rings. The lowest BCUT2D eigenvalue weighted by Gasteiger charge is -2.19. The van der Waals surface area contributed by atoms with Gasteiger partial charge in [-0.2, -0.15) is 0 Å². The molecule has 26 heavy (non-hydrogen) atoms. The van der Waals surface area contributed by atoms with E-state index in [1.807, 2.05) is 0 Å². The number of nitrogens with one attached hydrogen (secondary N) is 2. The van der Waals surface area contributed by atoms with Crippen molar-refractivity contribution in [3.63, 3.8) is 0 Å². The molecule has 0 aliphatic carbocycles. The fourth-order valence-electron chi connectivity index (χ4n) is 3.13. The van der Waals surface area contributed by atoms with Crippen molar-refractivity contribution in [2.24, 2.45) is 22.9 Å². The van der Waals surface area contributed by atoms with E-state index >= 15 is 0 Å². The monoisotopic (exact) mass is 364 g/mol. The lowest BCUT2D eigenvalue weighted by atomic mass is 10.1. The lowest BCUT2D eigenvalue weighted by Crippen LogP contribution is -2.32. The van der Waals surface area contributed by atoms with Crippen molar-refractivity contribution in [1.82, 2.24) is 10.6 Å². The molecule has 0 radical (unpaired) electrons. The lowest BCUT2D eigenvalue weighted by molar-refractivity contribution is 0.445. The van der Waals surface area contributed by atoms with Gasteiger partial charge >= 0.3 is 0 Å². The van der Waals surface area contributed by atoms with Gasteiger partial charge in [-0.15, -0.1) is 0 Å². The Hall–Kier alpha value is -1.02. The average Bonchev–Trinajstić information content (AvgIpc) is 2.67. The molecule has 0 aliphatic heterocycles. The second-order valence-electron chi connectivity index (χ2n) is 6.99. The molecule has 2 unspecified atom stereocenters. The molecule has 1 aromatic carbocycles.